The summed E-state index contributed by atoms with van der Waals surface area (Å²) in [6.07, 6.45) is 1.40. The van der Waals surface area contributed by atoms with E-state index in [1.807, 2.05) is 13.8 Å². The maximum atomic E-state index is 12.6. The van der Waals surface area contributed by atoms with Crippen molar-refractivity contribution in [1.29, 1.82) is 0 Å². The van der Waals surface area contributed by atoms with Gasteiger partial charge in [0, 0.05) is 0 Å². The van der Waals surface area contributed by atoms with E-state index in [4.69, 9.17) is 24.7 Å². The Balaban J connectivity index is 2.99. The van der Waals surface area contributed by atoms with Crippen LogP contribution in [0.25, 0.3) is 0 Å². The summed E-state index contributed by atoms with van der Waals surface area (Å²) < 4.78 is 25.4. The number of ether oxygens (including phenoxy) is 5. The molecule has 0 aliphatic heterocycles. The van der Waals surface area contributed by atoms with Gasteiger partial charge in [0.2, 0.25) is 0 Å². The number of carbonyl (C=O) groups is 4. The molecular formula is C26H39NO9. The van der Waals surface area contributed by atoms with Crippen molar-refractivity contribution in [2.45, 2.75) is 78.9 Å². The van der Waals surface area contributed by atoms with E-state index in [1.165, 1.54) is 19.2 Å². The molecule has 0 bridgehead atoms. The molecule has 0 radical (unpaired) electrons. The van der Waals surface area contributed by atoms with Crippen molar-refractivity contribution in [3.05, 3.63) is 23.8 Å². The molecule has 10 nitrogen and oxygen atoms in total. The van der Waals surface area contributed by atoms with Crippen LogP contribution in [0, 0.1) is 11.8 Å². The predicted octanol–water partition coefficient (Wildman–Crippen LogP) is 3.95. The van der Waals surface area contributed by atoms with Crippen LogP contribution >= 0.6 is 0 Å². The van der Waals surface area contributed by atoms with Gasteiger partial charge < -0.3 is 29.4 Å². The number of methoxy groups -OCH3 is 1. The first-order chi connectivity index (χ1) is 17.0. The lowest BCUT2D eigenvalue weighted by molar-refractivity contribution is -0.152. The lowest BCUT2D eigenvalue weighted by Crippen LogP contribution is -2.37. The average Bonchev–Trinajstić information content (AvgIpc) is 2.84. The average molecular weight is 510 g/mol. The summed E-state index contributed by atoms with van der Waals surface area (Å²) in [5.74, 6) is -2.03. The first kappa shape index (κ1) is 30.9. The molecule has 0 saturated heterocycles. The van der Waals surface area contributed by atoms with Gasteiger partial charge in [0.1, 0.15) is 18.8 Å². The van der Waals surface area contributed by atoms with Crippen molar-refractivity contribution >= 4 is 24.1 Å². The number of hydrogen-bond acceptors (Lipinski definition) is 10. The van der Waals surface area contributed by atoms with E-state index < -0.39 is 36.2 Å². The lowest BCUT2D eigenvalue weighted by atomic mass is 10.0. The van der Waals surface area contributed by atoms with Gasteiger partial charge >= 0.3 is 24.1 Å². The first-order valence-electron chi connectivity index (χ1n) is 12.2. The molecule has 0 heterocycles. The van der Waals surface area contributed by atoms with E-state index in [1.54, 1.807) is 26.8 Å². The van der Waals surface area contributed by atoms with Gasteiger partial charge in [0.05, 0.1) is 18.9 Å². The van der Waals surface area contributed by atoms with E-state index in [-0.39, 0.29) is 36.4 Å². The zero-order chi connectivity index (χ0) is 27.3. The molecule has 4 atom stereocenters. The molecule has 10 heteroatoms. The van der Waals surface area contributed by atoms with Gasteiger partial charge in [0.25, 0.3) is 0 Å². The molecule has 2 N–H and O–H groups in total. The molecule has 0 aliphatic rings. The van der Waals surface area contributed by atoms with Crippen LogP contribution in [0.1, 0.15) is 65.9 Å². The molecule has 2 unspecified atom stereocenters. The number of benzene rings is 1. The molecule has 1 aromatic rings. The van der Waals surface area contributed by atoms with Crippen molar-refractivity contribution in [2.24, 2.45) is 17.6 Å². The number of carbonyl (C=O) groups excluding carboxylic acids is 4. The Labute approximate surface area is 212 Å². The quantitative estimate of drug-likeness (QED) is 0.289. The normalized spacial score (nSPS) is 14.1. The molecule has 0 amide bonds. The third kappa shape index (κ3) is 10.6. The van der Waals surface area contributed by atoms with E-state index in [0.29, 0.717) is 18.4 Å². The smallest absolute Gasteiger partial charge is 0.458 e. The monoisotopic (exact) mass is 509 g/mol. The first-order valence-corrected chi connectivity index (χ1v) is 12.2. The van der Waals surface area contributed by atoms with Gasteiger partial charge in [-0.3, -0.25) is 14.4 Å². The van der Waals surface area contributed by atoms with Crippen LogP contribution in [0.5, 0.6) is 11.5 Å². The Hall–Kier alpha value is -3.14. The lowest BCUT2D eigenvalue weighted by Gasteiger charge is -2.18. The highest BCUT2D eigenvalue weighted by Crippen LogP contribution is 2.31. The van der Waals surface area contributed by atoms with Crippen molar-refractivity contribution in [3.63, 3.8) is 0 Å². The minimum atomic E-state index is -1.04. The Bertz CT molecular complexity index is 886. The highest BCUT2D eigenvalue weighted by atomic mass is 16.7. The highest BCUT2D eigenvalue weighted by Gasteiger charge is 2.23. The Morgan fingerprint density at radius 1 is 0.861 bits per heavy atom. The molecule has 0 saturated carbocycles. The molecule has 0 aromatic heterocycles. The van der Waals surface area contributed by atoms with Crippen molar-refractivity contribution in [3.8, 4) is 11.5 Å². The Morgan fingerprint density at radius 3 is 1.94 bits per heavy atom. The maximum absolute atomic E-state index is 12.6. The van der Waals surface area contributed by atoms with Gasteiger partial charge in [-0.1, -0.05) is 46.6 Å². The molecule has 0 spiro atoms. The molecular weight excluding hydrogens is 470 g/mol. The largest absolute Gasteiger partial charge is 0.508 e. The van der Waals surface area contributed by atoms with E-state index in [0.717, 1.165) is 12.8 Å². The van der Waals surface area contributed by atoms with E-state index >= 15 is 0 Å². The fourth-order valence-electron chi connectivity index (χ4n) is 3.26. The van der Waals surface area contributed by atoms with Gasteiger partial charge in [-0.15, -0.1) is 0 Å². The number of nitrogens with two attached hydrogens (primary N) is 1. The fraction of sp³-hybridized carbons (Fsp3) is 0.615. The Kier molecular flexibility index (Phi) is 13.5. The summed E-state index contributed by atoms with van der Waals surface area (Å²) in [4.78, 5) is 48.5. The third-order valence-corrected chi connectivity index (χ3v) is 5.36. The summed E-state index contributed by atoms with van der Waals surface area (Å²) in [7, 11) is 1.17. The molecule has 1 aromatic carbocycles. The zero-order valence-electron chi connectivity index (χ0n) is 22.0. The minimum absolute atomic E-state index is 0.0684. The highest BCUT2D eigenvalue weighted by molar-refractivity contribution is 5.79. The van der Waals surface area contributed by atoms with Crippen LogP contribution in [0.15, 0.2) is 18.2 Å². The van der Waals surface area contributed by atoms with Crippen LogP contribution < -0.4 is 15.2 Å². The standard InChI is InChI=1S/C26H39NO9/c1-7-9-16(3)23(28)35-21-12-11-19(14-22(21)36-24(29)17(4)10-8-2)13-20(27)25(30)34-18(5)15-33-26(31)32-6/h11-12,14,16-18,20H,7-10,13,15,27H2,1-6H3/t16?,17?,18-,20-/m0/s1. The Morgan fingerprint density at radius 2 is 1.42 bits per heavy atom. The van der Waals surface area contributed by atoms with Gasteiger partial charge in [-0.25, -0.2) is 4.79 Å². The number of rotatable bonds is 14. The van der Waals surface area contributed by atoms with Crippen LogP contribution in [0.2, 0.25) is 0 Å². The van der Waals surface area contributed by atoms with E-state index in [2.05, 4.69) is 4.74 Å². The molecule has 202 valence electrons. The fourth-order valence-corrected chi connectivity index (χ4v) is 3.26. The summed E-state index contributed by atoms with van der Waals surface area (Å²) in [5, 5.41) is 0. The van der Waals surface area contributed by atoms with Crippen molar-refractivity contribution in [2.75, 3.05) is 13.7 Å². The maximum Gasteiger partial charge on any atom is 0.508 e. The van der Waals surface area contributed by atoms with Gasteiger partial charge in [0.15, 0.2) is 11.5 Å². The summed E-state index contributed by atoms with van der Waals surface area (Å²) in [6, 6.07) is 3.65. The third-order valence-electron chi connectivity index (χ3n) is 5.36. The van der Waals surface area contributed by atoms with Crippen LogP contribution in [-0.4, -0.2) is 49.9 Å². The van der Waals surface area contributed by atoms with Crippen LogP contribution in [-0.2, 0) is 35.0 Å². The predicted molar refractivity (Wildman–Crippen MR) is 131 cm³/mol. The topological polar surface area (TPSA) is 140 Å². The second kappa shape index (κ2) is 15.8. The summed E-state index contributed by atoms with van der Waals surface area (Å²) >= 11 is 0. The molecule has 0 fully saturated rings. The second-order valence-corrected chi connectivity index (χ2v) is 8.83. The number of hydrogen-bond donors (Lipinski definition) is 1. The van der Waals surface area contributed by atoms with E-state index in [9.17, 15) is 19.2 Å². The van der Waals surface area contributed by atoms with Gasteiger partial charge in [-0.05, 0) is 43.9 Å². The summed E-state index contributed by atoms with van der Waals surface area (Å²) in [6.45, 7) is 8.85. The van der Waals surface area contributed by atoms with Crippen molar-refractivity contribution < 1.29 is 42.9 Å². The zero-order valence-corrected chi connectivity index (χ0v) is 22.0. The summed E-state index contributed by atoms with van der Waals surface area (Å²) in [5.41, 5.74) is 6.58. The second-order valence-electron chi connectivity index (χ2n) is 8.83. The molecule has 1 rings (SSSR count). The minimum Gasteiger partial charge on any atom is -0.458 e. The SMILES string of the molecule is CCCC(C)C(=O)Oc1ccc(C[C@H](N)C(=O)O[C@@H](C)COC(=O)OC)cc1OC(=O)C(C)CCC. The molecule has 0 aliphatic carbocycles. The number of esters is 3. The van der Waals surface area contributed by atoms with Crippen molar-refractivity contribution in [1.82, 2.24) is 0 Å². The van der Waals surface area contributed by atoms with Crippen LogP contribution in [0.3, 0.4) is 0 Å². The van der Waals surface area contributed by atoms with Gasteiger partial charge in [-0.2, -0.15) is 0 Å². The van der Waals surface area contributed by atoms with Crippen LogP contribution in [0.4, 0.5) is 4.79 Å². The molecule has 36 heavy (non-hydrogen) atoms.